The molecule has 5 heteroatoms. The molecule has 4 bridgehead atoms. The lowest BCUT2D eigenvalue weighted by Gasteiger charge is -2.57. The van der Waals surface area contributed by atoms with Gasteiger partial charge >= 0.3 is 0 Å². The lowest BCUT2D eigenvalue weighted by atomic mass is 9.53. The van der Waals surface area contributed by atoms with Gasteiger partial charge in [-0.25, -0.2) is 4.98 Å². The Morgan fingerprint density at radius 1 is 1.17 bits per heavy atom. The van der Waals surface area contributed by atoms with Gasteiger partial charge in [-0.1, -0.05) is 12.1 Å². The predicted octanol–water partition coefficient (Wildman–Crippen LogP) is 5.83. The number of halogens is 1. The summed E-state index contributed by atoms with van der Waals surface area (Å²) in [5, 5.41) is 14.1. The van der Waals surface area contributed by atoms with Crippen LogP contribution in [0.4, 0.5) is 5.82 Å². The summed E-state index contributed by atoms with van der Waals surface area (Å²) in [5.41, 5.74) is 5.80. The fourth-order valence-electron chi connectivity index (χ4n) is 7.23. The van der Waals surface area contributed by atoms with Gasteiger partial charge in [-0.05, 0) is 92.9 Å². The molecule has 154 valence electrons. The normalized spacial score (nSPS) is 29.6. The van der Waals surface area contributed by atoms with Crippen LogP contribution in [0.5, 0.6) is 0 Å². The number of hydrogen-bond acceptors (Lipinski definition) is 3. The first-order chi connectivity index (χ1) is 14.6. The second kappa shape index (κ2) is 6.62. The summed E-state index contributed by atoms with van der Waals surface area (Å²) in [7, 11) is 0. The number of rotatable bonds is 4. The molecule has 0 atom stereocenters. The number of fused-ring (bicyclic) bond motifs is 3. The van der Waals surface area contributed by atoms with Crippen LogP contribution in [-0.4, -0.2) is 20.8 Å². The van der Waals surface area contributed by atoms with Gasteiger partial charge in [0.15, 0.2) is 5.65 Å². The van der Waals surface area contributed by atoms with Gasteiger partial charge in [0.2, 0.25) is 0 Å². The predicted molar refractivity (Wildman–Crippen MR) is 121 cm³/mol. The van der Waals surface area contributed by atoms with Gasteiger partial charge in [0.1, 0.15) is 11.9 Å². The van der Waals surface area contributed by atoms with Crippen molar-refractivity contribution in [1.82, 2.24) is 9.38 Å². The first kappa shape index (κ1) is 18.5. The third kappa shape index (κ3) is 2.61. The van der Waals surface area contributed by atoms with Gasteiger partial charge in [0.25, 0.3) is 0 Å². The van der Waals surface area contributed by atoms with Crippen molar-refractivity contribution < 1.29 is 0 Å². The molecule has 0 unspecified atom stereocenters. The summed E-state index contributed by atoms with van der Waals surface area (Å²) in [6.45, 7) is 2.06. The number of pyridine rings is 1. The van der Waals surface area contributed by atoms with E-state index in [2.05, 4.69) is 34.8 Å². The van der Waals surface area contributed by atoms with Crippen LogP contribution in [0, 0.1) is 36.0 Å². The smallest absolute Gasteiger partial charge is 0.157 e. The van der Waals surface area contributed by atoms with Crippen LogP contribution in [0.15, 0.2) is 24.3 Å². The Labute approximate surface area is 182 Å². The minimum atomic E-state index is 0.175. The van der Waals surface area contributed by atoms with E-state index >= 15 is 0 Å². The number of anilines is 1. The molecule has 0 spiro atoms. The van der Waals surface area contributed by atoms with E-state index < -0.39 is 0 Å². The Hall–Kier alpha value is -2.25. The molecular formula is C25H27ClN4. The average molecular weight is 419 g/mol. The quantitative estimate of drug-likeness (QED) is 0.542. The van der Waals surface area contributed by atoms with Crippen LogP contribution in [0.2, 0.25) is 0 Å². The molecule has 0 saturated heterocycles. The van der Waals surface area contributed by atoms with Gasteiger partial charge in [-0.2, -0.15) is 5.26 Å². The SMILES string of the molecule is Cc1c(CCCl)c(NC23CC4CC(CC(C4)C2)C3)n2c(nc3ccccc32)c1C#N. The van der Waals surface area contributed by atoms with Crippen molar-refractivity contribution in [2.45, 2.75) is 57.4 Å². The minimum absolute atomic E-state index is 0.175. The zero-order chi connectivity index (χ0) is 20.5. The van der Waals surface area contributed by atoms with Gasteiger partial charge in [-0.3, -0.25) is 4.40 Å². The monoisotopic (exact) mass is 418 g/mol. The molecule has 30 heavy (non-hydrogen) atoms. The summed E-state index contributed by atoms with van der Waals surface area (Å²) in [5.74, 6) is 4.27. The fraction of sp³-hybridized carbons (Fsp3) is 0.520. The number of para-hydroxylation sites is 2. The Kier molecular flexibility index (Phi) is 4.09. The van der Waals surface area contributed by atoms with Crippen molar-refractivity contribution in [2.24, 2.45) is 17.8 Å². The highest BCUT2D eigenvalue weighted by atomic mass is 35.5. The third-order valence-electron chi connectivity index (χ3n) is 8.00. The zero-order valence-electron chi connectivity index (χ0n) is 17.4. The highest BCUT2D eigenvalue weighted by Crippen LogP contribution is 2.57. The minimum Gasteiger partial charge on any atom is -0.365 e. The molecule has 2 aromatic heterocycles. The largest absolute Gasteiger partial charge is 0.365 e. The molecule has 4 nitrogen and oxygen atoms in total. The molecular weight excluding hydrogens is 392 g/mol. The third-order valence-corrected chi connectivity index (χ3v) is 8.19. The van der Waals surface area contributed by atoms with Crippen LogP contribution < -0.4 is 5.32 Å². The van der Waals surface area contributed by atoms with E-state index in [4.69, 9.17) is 16.6 Å². The number of benzene rings is 1. The topological polar surface area (TPSA) is 53.1 Å². The van der Waals surface area contributed by atoms with E-state index in [1.54, 1.807) is 0 Å². The van der Waals surface area contributed by atoms with Gasteiger partial charge in [0, 0.05) is 11.4 Å². The Morgan fingerprint density at radius 2 is 1.83 bits per heavy atom. The number of hydrogen-bond donors (Lipinski definition) is 1. The highest BCUT2D eigenvalue weighted by Gasteiger charge is 2.51. The maximum absolute atomic E-state index is 9.97. The molecule has 4 aliphatic rings. The number of nitriles is 1. The van der Waals surface area contributed by atoms with Crippen molar-refractivity contribution in [1.29, 1.82) is 5.26 Å². The van der Waals surface area contributed by atoms with Crippen molar-refractivity contribution in [3.63, 3.8) is 0 Å². The van der Waals surface area contributed by atoms with Crippen molar-refractivity contribution in [3.05, 3.63) is 41.0 Å². The van der Waals surface area contributed by atoms with E-state index in [0.29, 0.717) is 11.4 Å². The number of imidazole rings is 1. The molecule has 7 rings (SSSR count). The van der Waals surface area contributed by atoms with Crippen LogP contribution in [-0.2, 0) is 6.42 Å². The fourth-order valence-corrected chi connectivity index (χ4v) is 7.42. The van der Waals surface area contributed by atoms with Crippen molar-refractivity contribution in [2.75, 3.05) is 11.2 Å². The average Bonchev–Trinajstić information content (AvgIpc) is 3.09. The summed E-state index contributed by atoms with van der Waals surface area (Å²) in [4.78, 5) is 4.87. The van der Waals surface area contributed by atoms with Crippen LogP contribution in [0.3, 0.4) is 0 Å². The molecule has 4 saturated carbocycles. The number of nitrogens with zero attached hydrogens (tertiary/aromatic N) is 3. The summed E-state index contributed by atoms with van der Waals surface area (Å²) in [6.07, 6.45) is 8.83. The highest BCUT2D eigenvalue weighted by molar-refractivity contribution is 6.18. The Bertz CT molecular complexity index is 1170. The van der Waals surface area contributed by atoms with Crippen molar-refractivity contribution in [3.8, 4) is 6.07 Å². The first-order valence-electron chi connectivity index (χ1n) is 11.3. The molecule has 1 N–H and O–H groups in total. The zero-order valence-corrected chi connectivity index (χ0v) is 18.2. The molecule has 3 aromatic rings. The van der Waals surface area contributed by atoms with E-state index in [0.717, 1.165) is 52.2 Å². The number of nitrogens with one attached hydrogen (secondary N) is 1. The summed E-state index contributed by atoms with van der Waals surface area (Å²) >= 11 is 6.26. The Balaban J connectivity index is 1.60. The lowest BCUT2D eigenvalue weighted by Crippen LogP contribution is -2.55. The summed E-state index contributed by atoms with van der Waals surface area (Å²) in [6, 6.07) is 10.6. The molecule has 0 amide bonds. The van der Waals surface area contributed by atoms with Gasteiger partial charge in [-0.15, -0.1) is 11.6 Å². The molecule has 0 aliphatic heterocycles. The second-order valence-electron chi connectivity index (χ2n) is 9.96. The Morgan fingerprint density at radius 3 is 2.47 bits per heavy atom. The van der Waals surface area contributed by atoms with Crippen molar-refractivity contribution >= 4 is 34.1 Å². The second-order valence-corrected chi connectivity index (χ2v) is 10.3. The molecule has 4 fully saturated rings. The first-order valence-corrected chi connectivity index (χ1v) is 11.8. The molecule has 4 aliphatic carbocycles. The van der Waals surface area contributed by atoms with E-state index in [-0.39, 0.29) is 5.54 Å². The molecule has 0 radical (unpaired) electrons. The van der Waals surface area contributed by atoms with Crippen LogP contribution >= 0.6 is 11.6 Å². The number of alkyl halides is 1. The van der Waals surface area contributed by atoms with Gasteiger partial charge in [0.05, 0.1) is 16.6 Å². The number of aromatic nitrogens is 2. The van der Waals surface area contributed by atoms with Gasteiger partial charge < -0.3 is 5.32 Å². The summed E-state index contributed by atoms with van der Waals surface area (Å²) < 4.78 is 2.21. The van der Waals surface area contributed by atoms with Crippen LogP contribution in [0.1, 0.15) is 55.2 Å². The maximum atomic E-state index is 9.97. The molecule has 1 aromatic carbocycles. The standard InChI is InChI=1S/C25H27ClN4/c1-15-19(6-7-26)24(29-25-11-16-8-17(12-25)10-18(9-16)13-25)30-22-5-3-2-4-21(22)28-23(30)20(15)14-27/h2-5,16-18,29H,6-13H2,1H3. The van der Waals surface area contributed by atoms with Crippen LogP contribution in [0.25, 0.3) is 16.7 Å². The molecule has 2 heterocycles. The van der Waals surface area contributed by atoms with E-state index in [1.165, 1.54) is 44.1 Å². The van der Waals surface area contributed by atoms with E-state index in [1.807, 2.05) is 12.1 Å². The maximum Gasteiger partial charge on any atom is 0.157 e. The van der Waals surface area contributed by atoms with E-state index in [9.17, 15) is 5.26 Å². The lowest BCUT2D eigenvalue weighted by molar-refractivity contribution is 0.0105.